The maximum absolute atomic E-state index is 15.1. The third-order valence-electron chi connectivity index (χ3n) is 7.95. The van der Waals surface area contributed by atoms with Gasteiger partial charge in [0, 0.05) is 74.7 Å². The smallest absolute Gasteiger partial charge is 0.317 e. The summed E-state index contributed by atoms with van der Waals surface area (Å²) >= 11 is 1.22. The number of nitrogens with zero attached hydrogens (tertiary/aromatic N) is 5. The zero-order chi connectivity index (χ0) is 24.5. The Bertz CT molecular complexity index is 837. The van der Waals surface area contributed by atoms with Crippen molar-refractivity contribution in [3.05, 3.63) is 5.82 Å². The summed E-state index contributed by atoms with van der Waals surface area (Å²) in [6.45, 7) is 10.7. The number of ether oxygens (including phenoxy) is 1. The summed E-state index contributed by atoms with van der Waals surface area (Å²) in [5, 5.41) is 3.30. The van der Waals surface area contributed by atoms with E-state index in [4.69, 9.17) is 4.74 Å². The van der Waals surface area contributed by atoms with Crippen molar-refractivity contribution in [2.45, 2.75) is 82.3 Å². The van der Waals surface area contributed by atoms with Gasteiger partial charge in [-0.1, -0.05) is 6.92 Å². The molecule has 1 aromatic rings. The van der Waals surface area contributed by atoms with Crippen LogP contribution in [0.4, 0.5) is 13.6 Å². The highest BCUT2D eigenvalue weighted by molar-refractivity contribution is 7.07. The molecule has 0 spiro atoms. The maximum Gasteiger partial charge on any atom is 0.317 e. The van der Waals surface area contributed by atoms with Crippen LogP contribution in [-0.2, 0) is 5.41 Å². The molecule has 1 aliphatic carbocycles. The maximum atomic E-state index is 15.1. The lowest BCUT2D eigenvalue weighted by Gasteiger charge is -2.48. The fraction of sp³-hybridized carbons (Fsp3) is 0.870. The summed E-state index contributed by atoms with van der Waals surface area (Å²) in [6, 6.07) is -1.42. The van der Waals surface area contributed by atoms with Crippen LogP contribution in [0, 0.1) is 0 Å². The van der Waals surface area contributed by atoms with Crippen LogP contribution in [0.15, 0.2) is 0 Å². The Kier molecular flexibility index (Phi) is 7.64. The van der Waals surface area contributed by atoms with Gasteiger partial charge in [0.2, 0.25) is 0 Å². The van der Waals surface area contributed by atoms with E-state index in [9.17, 15) is 4.79 Å². The first-order valence-corrected chi connectivity index (χ1v) is 13.2. The number of likely N-dealkylation sites (tertiary alicyclic amines) is 1. The second kappa shape index (κ2) is 10.2. The van der Waals surface area contributed by atoms with Gasteiger partial charge in [-0.25, -0.2) is 13.6 Å². The topological polar surface area (TPSA) is 73.8 Å². The first-order valence-electron chi connectivity index (χ1n) is 12.4. The van der Waals surface area contributed by atoms with Gasteiger partial charge in [-0.2, -0.15) is 9.36 Å². The van der Waals surface area contributed by atoms with Gasteiger partial charge in [-0.05, 0) is 39.5 Å². The van der Waals surface area contributed by atoms with E-state index in [0.29, 0.717) is 50.0 Å². The molecule has 8 nitrogen and oxygen atoms in total. The second-order valence-corrected chi connectivity index (χ2v) is 11.2. The lowest BCUT2D eigenvalue weighted by atomic mass is 9.79. The van der Waals surface area contributed by atoms with Crippen LogP contribution < -0.4 is 10.1 Å². The zero-order valence-corrected chi connectivity index (χ0v) is 21.5. The highest BCUT2D eigenvalue weighted by atomic mass is 32.1. The van der Waals surface area contributed by atoms with Crippen molar-refractivity contribution in [3.8, 4) is 5.19 Å². The number of alkyl halides is 2. The second-order valence-electron chi connectivity index (χ2n) is 10.4. The van der Waals surface area contributed by atoms with Crippen LogP contribution >= 0.6 is 11.5 Å². The van der Waals surface area contributed by atoms with E-state index in [1.165, 1.54) is 11.5 Å². The minimum Gasteiger partial charge on any atom is -0.472 e. The molecule has 2 aliphatic heterocycles. The van der Waals surface area contributed by atoms with Crippen LogP contribution in [0.2, 0.25) is 0 Å². The number of aromatic nitrogens is 2. The number of rotatable bonds is 5. The van der Waals surface area contributed by atoms with Crippen LogP contribution in [0.5, 0.6) is 5.19 Å². The molecule has 2 atom stereocenters. The predicted molar refractivity (Wildman–Crippen MR) is 128 cm³/mol. The number of urea groups is 1. The van der Waals surface area contributed by atoms with E-state index in [0.717, 1.165) is 32.0 Å². The molecule has 1 N–H and O–H groups in total. The Morgan fingerprint density at radius 2 is 1.82 bits per heavy atom. The van der Waals surface area contributed by atoms with Crippen LogP contribution in [0.25, 0.3) is 0 Å². The van der Waals surface area contributed by atoms with Gasteiger partial charge < -0.3 is 15.0 Å². The van der Waals surface area contributed by atoms with Gasteiger partial charge in [0.25, 0.3) is 11.1 Å². The predicted octanol–water partition coefficient (Wildman–Crippen LogP) is 3.19. The van der Waals surface area contributed by atoms with Crippen molar-refractivity contribution in [1.29, 1.82) is 0 Å². The van der Waals surface area contributed by atoms with Crippen LogP contribution in [0.3, 0.4) is 0 Å². The van der Waals surface area contributed by atoms with E-state index in [1.54, 1.807) is 12.0 Å². The van der Waals surface area contributed by atoms with Crippen molar-refractivity contribution >= 4 is 17.6 Å². The first-order chi connectivity index (χ1) is 16.1. The molecule has 2 amide bonds. The summed E-state index contributed by atoms with van der Waals surface area (Å²) in [6.07, 6.45) is 2.37. The summed E-state index contributed by atoms with van der Waals surface area (Å²) in [4.78, 5) is 23.8. The lowest BCUT2D eigenvalue weighted by Crippen LogP contribution is -2.66. The molecule has 1 aromatic heterocycles. The summed E-state index contributed by atoms with van der Waals surface area (Å²) in [7, 11) is 1.57. The van der Waals surface area contributed by atoms with Crippen LogP contribution in [-0.4, -0.2) is 101 Å². The number of carbonyl (C=O) groups is 1. The number of carbonyl (C=O) groups excluding carboxylic acids is 1. The summed E-state index contributed by atoms with van der Waals surface area (Å²) in [5.74, 6) is -2.17. The van der Waals surface area contributed by atoms with E-state index in [2.05, 4.69) is 45.2 Å². The molecular formula is C23H38F2N6O2S. The molecule has 0 bridgehead atoms. The van der Waals surface area contributed by atoms with E-state index in [-0.39, 0.29) is 23.9 Å². The molecule has 192 valence electrons. The van der Waals surface area contributed by atoms with Crippen LogP contribution in [0.1, 0.15) is 58.7 Å². The monoisotopic (exact) mass is 500 g/mol. The van der Waals surface area contributed by atoms with Gasteiger partial charge in [0.1, 0.15) is 6.04 Å². The fourth-order valence-corrected chi connectivity index (χ4v) is 6.15. The lowest BCUT2D eigenvalue weighted by molar-refractivity contribution is -0.0973. The Labute approximate surface area is 205 Å². The highest BCUT2D eigenvalue weighted by Gasteiger charge is 2.50. The summed E-state index contributed by atoms with van der Waals surface area (Å²) in [5.41, 5.74) is -0.253. The normalized spacial score (nSPS) is 28.1. The quantitative estimate of drug-likeness (QED) is 0.670. The van der Waals surface area contributed by atoms with Crippen molar-refractivity contribution in [1.82, 2.24) is 29.4 Å². The van der Waals surface area contributed by atoms with E-state index >= 15 is 8.78 Å². The number of piperazine rings is 1. The molecule has 3 fully saturated rings. The number of hydrogen-bond donors (Lipinski definition) is 1. The number of halogens is 2. The number of piperidine rings is 1. The third kappa shape index (κ3) is 5.31. The van der Waals surface area contributed by atoms with Crippen molar-refractivity contribution < 1.29 is 18.3 Å². The minimum atomic E-state index is -2.90. The Hall–Kier alpha value is -1.59. The molecule has 34 heavy (non-hydrogen) atoms. The zero-order valence-electron chi connectivity index (χ0n) is 20.7. The van der Waals surface area contributed by atoms with Crippen molar-refractivity contribution in [3.63, 3.8) is 0 Å². The van der Waals surface area contributed by atoms with Crippen molar-refractivity contribution in [2.24, 2.45) is 0 Å². The summed E-state index contributed by atoms with van der Waals surface area (Å²) < 4.78 is 39.8. The van der Waals surface area contributed by atoms with Gasteiger partial charge >= 0.3 is 6.03 Å². The average molecular weight is 501 g/mol. The standard InChI is InChI=1S/C23H38F2N6O2S/c1-16(2)29-12-14-30(15-13-29)17-6-5-7-23(24,25)18(17)26-20(32)31-10-8-22(3,9-11-31)19-27-21(33-4)34-28-19/h16-18H,5-15H2,1-4H3,(H,26,32)/t17-,18?/m0/s1. The first kappa shape index (κ1) is 25.5. The fourth-order valence-electron chi connectivity index (χ4n) is 5.52. The molecule has 1 unspecified atom stereocenters. The molecule has 0 radical (unpaired) electrons. The molecule has 0 aromatic carbocycles. The molecule has 3 heterocycles. The number of amides is 2. The SMILES string of the molecule is COc1nc(C2(C)CCN(C(=O)NC3[C@@H](N4CCN(C(C)C)CC4)CCCC3(F)F)CC2)ns1. The molecule has 3 aliphatic rings. The third-order valence-corrected chi connectivity index (χ3v) is 8.63. The molecule has 4 rings (SSSR count). The van der Waals surface area contributed by atoms with Gasteiger partial charge in [-0.15, -0.1) is 0 Å². The number of nitrogens with one attached hydrogen (secondary N) is 1. The molecular weight excluding hydrogens is 462 g/mol. The number of hydrogen-bond acceptors (Lipinski definition) is 7. The van der Waals surface area contributed by atoms with Crippen molar-refractivity contribution in [2.75, 3.05) is 46.4 Å². The Morgan fingerprint density at radius 1 is 1.15 bits per heavy atom. The minimum absolute atomic E-state index is 0.171. The molecule has 1 saturated carbocycles. The molecule has 2 saturated heterocycles. The number of methoxy groups -OCH3 is 1. The average Bonchev–Trinajstić information content (AvgIpc) is 3.31. The largest absolute Gasteiger partial charge is 0.472 e. The highest BCUT2D eigenvalue weighted by Crippen LogP contribution is 2.38. The van der Waals surface area contributed by atoms with E-state index in [1.807, 2.05) is 0 Å². The molecule has 11 heteroatoms. The Morgan fingerprint density at radius 3 is 2.41 bits per heavy atom. The Balaban J connectivity index is 1.38. The van der Waals surface area contributed by atoms with Gasteiger partial charge in [0.15, 0.2) is 5.82 Å². The van der Waals surface area contributed by atoms with Gasteiger partial charge in [0.05, 0.1) is 7.11 Å². The van der Waals surface area contributed by atoms with E-state index < -0.39 is 12.0 Å². The van der Waals surface area contributed by atoms with Gasteiger partial charge in [-0.3, -0.25) is 9.80 Å².